The summed E-state index contributed by atoms with van der Waals surface area (Å²) in [6.45, 7) is 1.75. The molecule has 19 heteroatoms. The number of aryl methyl sites for hydroxylation is 3. The topological polar surface area (TPSA) is 197 Å². The third-order valence-electron chi connectivity index (χ3n) is 13.3. The summed E-state index contributed by atoms with van der Waals surface area (Å²) in [6.07, 6.45) is 22.8. The molecule has 12 aromatic rings. The molecule has 13 rings (SSSR count). The van der Waals surface area contributed by atoms with Gasteiger partial charge in [-0.25, -0.2) is 29.9 Å². The van der Waals surface area contributed by atoms with Gasteiger partial charge in [0.25, 0.3) is 0 Å². The summed E-state index contributed by atoms with van der Waals surface area (Å²) in [5, 5.41) is 0.990. The number of imidazole rings is 6. The lowest BCUT2D eigenvalue weighted by molar-refractivity contribution is 0.110. The number of unbranched alkanes of at least 4 members (excludes halogenated alkanes) is 1. The van der Waals surface area contributed by atoms with Gasteiger partial charge >= 0.3 is 0 Å². The van der Waals surface area contributed by atoms with Gasteiger partial charge in [-0.2, -0.15) is 0 Å². The Morgan fingerprint density at radius 1 is 0.562 bits per heavy atom. The fraction of sp³-hybridized carbons (Fsp3) is 0.171. The molecule has 0 fully saturated rings. The highest BCUT2D eigenvalue weighted by Crippen LogP contribution is 2.28. The molecular formula is C70H71BrClFN12O4. The average molecular weight is 1280 g/mol. The molecule has 0 saturated heterocycles. The number of hydrogen-bond donors (Lipinski definition) is 2. The van der Waals surface area contributed by atoms with Gasteiger partial charge in [0.1, 0.15) is 0 Å². The summed E-state index contributed by atoms with van der Waals surface area (Å²) in [4.78, 5) is 74.0. The molecule has 1 aliphatic rings. The molecule has 0 bridgehead atoms. The quantitative estimate of drug-likeness (QED) is 0.0600. The van der Waals surface area contributed by atoms with Crippen molar-refractivity contribution in [1.29, 1.82) is 0 Å². The number of fused-ring (bicyclic) bond motifs is 1. The smallest absolute Gasteiger partial charge is 0.185 e. The first-order valence-corrected chi connectivity index (χ1v) is 30.2. The predicted octanol–water partition coefficient (Wildman–Crippen LogP) is 15.6. The summed E-state index contributed by atoms with van der Waals surface area (Å²) in [7, 11) is 2.78. The van der Waals surface area contributed by atoms with Crippen LogP contribution in [0.2, 0.25) is 0 Å². The number of benzene rings is 6. The zero-order chi connectivity index (χ0) is 64.1. The van der Waals surface area contributed by atoms with Crippen molar-refractivity contribution in [2.24, 2.45) is 14.1 Å². The molecule has 0 spiro atoms. The molecule has 0 unspecified atom stereocenters. The first-order valence-electron chi connectivity index (χ1n) is 29.0. The van der Waals surface area contributed by atoms with Gasteiger partial charge in [-0.1, -0.05) is 198 Å². The highest BCUT2D eigenvalue weighted by Gasteiger charge is 2.20. The third-order valence-corrected chi connectivity index (χ3v) is 13.9. The summed E-state index contributed by atoms with van der Waals surface area (Å²) >= 11 is 8.04. The average Bonchev–Trinajstić information content (AvgIpc) is 3.77. The number of carbonyl (C=O) groups excluding carboxylic acids is 4. The number of rotatable bonds is 14. The van der Waals surface area contributed by atoms with Crippen molar-refractivity contribution < 1.29 is 24.9 Å². The van der Waals surface area contributed by atoms with Crippen LogP contribution in [0.3, 0.4) is 0 Å². The van der Waals surface area contributed by atoms with E-state index >= 15 is 0 Å². The van der Waals surface area contributed by atoms with E-state index in [9.17, 15) is 23.6 Å². The second kappa shape index (κ2) is 38.2. The lowest BCUT2D eigenvalue weighted by Crippen LogP contribution is -2.12. The Hall–Kier alpha value is -10.0. The number of hydrogen-bond acceptors (Lipinski definition) is 10. The first kappa shape index (κ1) is 66.5. The fourth-order valence-corrected chi connectivity index (χ4v) is 9.41. The second-order valence-corrected chi connectivity index (χ2v) is 20.1. The molecule has 6 aromatic carbocycles. The Morgan fingerprint density at radius 3 is 1.52 bits per heavy atom. The Morgan fingerprint density at radius 2 is 1.06 bits per heavy atom. The maximum Gasteiger partial charge on any atom is 0.185 e. The predicted molar refractivity (Wildman–Crippen MR) is 357 cm³/mol. The molecule has 89 heavy (non-hydrogen) atoms. The Labute approximate surface area is 533 Å². The molecule has 2 N–H and O–H groups in total. The maximum atomic E-state index is 11.0. The Balaban J connectivity index is 0.000000170. The van der Waals surface area contributed by atoms with Gasteiger partial charge in [-0.3, -0.25) is 23.6 Å². The van der Waals surface area contributed by atoms with Gasteiger partial charge in [0.05, 0.1) is 67.7 Å². The molecule has 0 saturated carbocycles. The van der Waals surface area contributed by atoms with E-state index in [4.69, 9.17) is 1.37 Å². The van der Waals surface area contributed by atoms with Crippen LogP contribution >= 0.6 is 27.5 Å². The van der Waals surface area contributed by atoms with Crippen LogP contribution in [0, 0.1) is 0 Å². The van der Waals surface area contributed by atoms with Gasteiger partial charge in [0, 0.05) is 85.4 Å². The van der Waals surface area contributed by atoms with Gasteiger partial charge < -0.3 is 28.2 Å². The largest absolute Gasteiger partial charge is 0.345 e. The van der Waals surface area contributed by atoms with Crippen LogP contribution in [-0.4, -0.2) is 102 Å². The SMILES string of the molecule is CCl.Cn1cc(-c2ccccc2)nc1C=O.Cn1cnc(-c2ccccc2)c1.O=Cc1nc(-c2ccccc2)c2n1CCCC2.O=Cc1nc(-c2ccccc2)cn1CCCCBr.O=Cc1ncc(-c2ccccc2)[nH]1.[2H]CF.c1ccc(-c2cnc[nH]2)cc1. The van der Waals surface area contributed by atoms with E-state index in [1.165, 1.54) is 24.1 Å². The van der Waals surface area contributed by atoms with Crippen LogP contribution < -0.4 is 0 Å². The van der Waals surface area contributed by atoms with Crippen LogP contribution in [-0.2, 0) is 33.6 Å². The molecule has 6 aromatic heterocycles. The van der Waals surface area contributed by atoms with Crippen LogP contribution in [0.4, 0.5) is 4.39 Å². The lowest BCUT2D eigenvalue weighted by atomic mass is 10.0. The van der Waals surface area contributed by atoms with Crippen molar-refractivity contribution in [1.82, 2.24) is 58.1 Å². The lowest BCUT2D eigenvalue weighted by Gasteiger charge is -2.16. The zero-order valence-electron chi connectivity index (χ0n) is 50.8. The number of aldehydes is 4. The van der Waals surface area contributed by atoms with Gasteiger partial charge in [0.2, 0.25) is 0 Å². The maximum absolute atomic E-state index is 11.0. The van der Waals surface area contributed by atoms with Crippen molar-refractivity contribution in [3.8, 4) is 67.5 Å². The molecule has 16 nitrogen and oxygen atoms in total. The number of carbonyl (C=O) groups is 4. The van der Waals surface area contributed by atoms with E-state index in [1.54, 1.807) is 17.1 Å². The molecular weight excluding hydrogens is 1210 g/mol. The van der Waals surface area contributed by atoms with E-state index in [0.29, 0.717) is 29.6 Å². The first-order chi connectivity index (χ1) is 44.2. The zero-order valence-corrected chi connectivity index (χ0v) is 52.1. The van der Waals surface area contributed by atoms with Crippen molar-refractivity contribution in [2.45, 2.75) is 45.2 Å². The number of nitrogens with one attached hydrogen (secondary N) is 2. The number of halogens is 3. The van der Waals surface area contributed by atoms with Crippen LogP contribution in [0.1, 0.15) is 75.2 Å². The third kappa shape index (κ3) is 20.8. The Kier molecular flexibility index (Phi) is 28.5. The fourth-order valence-electron chi connectivity index (χ4n) is 9.02. The number of aromatic amines is 2. The van der Waals surface area contributed by atoms with E-state index in [-0.39, 0.29) is 0 Å². The molecule has 1 aliphatic heterocycles. The van der Waals surface area contributed by atoms with E-state index in [1.807, 2.05) is 224 Å². The summed E-state index contributed by atoms with van der Waals surface area (Å²) < 4.78 is 23.2. The van der Waals surface area contributed by atoms with E-state index < -0.39 is 7.15 Å². The molecule has 0 radical (unpaired) electrons. The van der Waals surface area contributed by atoms with Crippen LogP contribution in [0.15, 0.2) is 226 Å². The summed E-state index contributed by atoms with van der Waals surface area (Å²) in [5.74, 6) is 1.88. The normalized spacial score (nSPS) is 10.7. The van der Waals surface area contributed by atoms with Gasteiger partial charge in [0.15, 0.2) is 48.4 Å². The number of nitrogens with zero attached hydrogens (tertiary/aromatic N) is 10. The number of H-pyrrole nitrogens is 2. The van der Waals surface area contributed by atoms with Crippen molar-refractivity contribution in [2.75, 3.05) is 18.9 Å². The highest BCUT2D eigenvalue weighted by atomic mass is 79.9. The van der Waals surface area contributed by atoms with Crippen LogP contribution in [0.25, 0.3) is 67.5 Å². The molecule has 456 valence electrons. The molecule has 7 heterocycles. The Bertz CT molecular complexity index is 3940. The van der Waals surface area contributed by atoms with Gasteiger partial charge in [-0.05, 0) is 43.2 Å². The minimum atomic E-state index is -1.00. The monoisotopic (exact) mass is 1280 g/mol. The van der Waals surface area contributed by atoms with Crippen molar-refractivity contribution >= 4 is 52.7 Å². The summed E-state index contributed by atoms with van der Waals surface area (Å²) in [6, 6.07) is 59.8. The summed E-state index contributed by atoms with van der Waals surface area (Å²) in [5.41, 5.74) is 13.4. The van der Waals surface area contributed by atoms with Crippen molar-refractivity contribution in [3.63, 3.8) is 0 Å². The van der Waals surface area contributed by atoms with Gasteiger partial charge in [-0.15, -0.1) is 11.6 Å². The highest BCUT2D eigenvalue weighted by molar-refractivity contribution is 9.09. The molecule has 0 aliphatic carbocycles. The standard InChI is InChI=1S/C14H15BrN2O.C14H14N2O.C11H10N2O.C10H8N2O.C10H10N2.C9H8N2.CH3Cl.CH3F/c15-8-4-5-9-17-10-13(16-14(17)11-18)12-6-2-1-3-7-12;17-10-13-15-14(11-6-2-1-3-7-11)12-8-4-5-9-16(12)13;1-13-7-10(12-11(13)8-14)9-5-3-2-4-6-9;13-7-10-11-6-9(12-10)8-4-2-1-3-5-8;1-12-7-10(11-8-12)9-5-3-2-4-6-9;1-2-4-8(5-3-1)9-6-10-7-11-9;2*1-2/h1-3,6-7,10-11H,4-5,8-9H2;1-3,6-7,10H,4-5,8-9H2;2-8H,1H3;1-7H,(H,11,12);2-8H,1H3;1-7H,(H,10,11);2*1H3/i;;;;;;;1D. The van der Waals surface area contributed by atoms with Crippen LogP contribution in [0.5, 0.6) is 0 Å². The number of alkyl halides is 3. The molecule has 0 atom stereocenters. The number of aromatic nitrogens is 12. The minimum Gasteiger partial charge on any atom is -0.345 e. The van der Waals surface area contributed by atoms with E-state index in [2.05, 4.69) is 84.1 Å². The second-order valence-electron chi connectivity index (χ2n) is 19.3. The van der Waals surface area contributed by atoms with Crippen molar-refractivity contribution in [3.05, 3.63) is 255 Å². The minimum absolute atomic E-state index is 0.360. The van der Waals surface area contributed by atoms with E-state index in [0.717, 1.165) is 125 Å². The molecule has 0 amide bonds.